The van der Waals surface area contributed by atoms with E-state index in [1.165, 1.54) is 18.0 Å². The van der Waals surface area contributed by atoms with Crippen LogP contribution >= 0.6 is 11.5 Å². The van der Waals surface area contributed by atoms with E-state index >= 15 is 0 Å². The van der Waals surface area contributed by atoms with Gasteiger partial charge in [-0.05, 0) is 19.8 Å². The second-order valence-corrected chi connectivity index (χ2v) is 4.76. The third-order valence-corrected chi connectivity index (χ3v) is 3.66. The topological polar surface area (TPSA) is 58.0 Å². The lowest BCUT2D eigenvalue weighted by Crippen LogP contribution is -2.39. The number of aryl methyl sites for hydroxylation is 1. The summed E-state index contributed by atoms with van der Waals surface area (Å²) >= 11 is 1.38. The van der Waals surface area contributed by atoms with Crippen LogP contribution in [0.5, 0.6) is 0 Å². The summed E-state index contributed by atoms with van der Waals surface area (Å²) in [7, 11) is 0. The molecule has 1 aliphatic carbocycles. The molecule has 4 nitrogen and oxygen atoms in total. The Morgan fingerprint density at radius 3 is 2.79 bits per heavy atom. The summed E-state index contributed by atoms with van der Waals surface area (Å²) in [5.41, 5.74) is 0.111. The molecule has 0 atom stereocenters. The zero-order valence-electron chi connectivity index (χ0n) is 8.29. The van der Waals surface area contributed by atoms with Crippen LogP contribution in [0.4, 0.5) is 5.13 Å². The summed E-state index contributed by atoms with van der Waals surface area (Å²) in [6, 6.07) is 0. The van der Waals surface area contributed by atoms with Crippen molar-refractivity contribution < 1.29 is 5.11 Å². The average molecular weight is 213 g/mol. The van der Waals surface area contributed by atoms with Gasteiger partial charge in [0.05, 0.1) is 6.61 Å². The van der Waals surface area contributed by atoms with E-state index in [-0.39, 0.29) is 12.0 Å². The van der Waals surface area contributed by atoms with Crippen LogP contribution < -0.4 is 5.32 Å². The van der Waals surface area contributed by atoms with Crippen molar-refractivity contribution in [2.75, 3.05) is 18.5 Å². The van der Waals surface area contributed by atoms with Crippen molar-refractivity contribution in [2.45, 2.75) is 26.2 Å². The number of nitrogens with zero attached hydrogens (tertiary/aromatic N) is 2. The van der Waals surface area contributed by atoms with E-state index in [0.717, 1.165) is 30.3 Å². The summed E-state index contributed by atoms with van der Waals surface area (Å²) in [6.07, 6.45) is 3.47. The average Bonchev–Trinajstić information content (AvgIpc) is 2.50. The van der Waals surface area contributed by atoms with Gasteiger partial charge >= 0.3 is 0 Å². The van der Waals surface area contributed by atoms with Gasteiger partial charge in [0.15, 0.2) is 0 Å². The molecule has 78 valence electrons. The van der Waals surface area contributed by atoms with Gasteiger partial charge in [-0.2, -0.15) is 4.37 Å². The Labute approximate surface area is 87.5 Å². The molecule has 0 bridgehead atoms. The highest BCUT2D eigenvalue weighted by atomic mass is 32.1. The first kappa shape index (κ1) is 9.86. The predicted molar refractivity (Wildman–Crippen MR) is 56.5 cm³/mol. The minimum atomic E-state index is 0.111. The van der Waals surface area contributed by atoms with Crippen molar-refractivity contribution in [3.63, 3.8) is 0 Å². The number of nitrogens with one attached hydrogen (secondary N) is 1. The van der Waals surface area contributed by atoms with Gasteiger partial charge < -0.3 is 10.4 Å². The van der Waals surface area contributed by atoms with Crippen molar-refractivity contribution in [1.29, 1.82) is 0 Å². The molecule has 0 saturated heterocycles. The molecule has 0 spiro atoms. The Balaban J connectivity index is 1.87. The van der Waals surface area contributed by atoms with Gasteiger partial charge in [-0.3, -0.25) is 0 Å². The summed E-state index contributed by atoms with van der Waals surface area (Å²) < 4.78 is 4.09. The lowest BCUT2D eigenvalue weighted by atomic mass is 9.69. The maximum absolute atomic E-state index is 9.25. The molecule has 0 aliphatic heterocycles. The van der Waals surface area contributed by atoms with Crippen molar-refractivity contribution in [1.82, 2.24) is 9.36 Å². The van der Waals surface area contributed by atoms with Crippen molar-refractivity contribution in [3.8, 4) is 0 Å². The number of aromatic nitrogens is 2. The third kappa shape index (κ3) is 1.88. The number of aliphatic hydroxyl groups excluding tert-OH is 1. The Morgan fingerprint density at radius 2 is 2.36 bits per heavy atom. The van der Waals surface area contributed by atoms with Gasteiger partial charge in [0.1, 0.15) is 5.82 Å². The maximum atomic E-state index is 9.25. The van der Waals surface area contributed by atoms with Crippen molar-refractivity contribution in [3.05, 3.63) is 5.82 Å². The van der Waals surface area contributed by atoms with Gasteiger partial charge in [-0.25, -0.2) is 4.98 Å². The van der Waals surface area contributed by atoms with Crippen LogP contribution in [0.15, 0.2) is 0 Å². The molecule has 1 aliphatic rings. The molecule has 1 aromatic heterocycles. The molecule has 1 aromatic rings. The summed E-state index contributed by atoms with van der Waals surface area (Å²) in [4.78, 5) is 4.22. The molecule has 14 heavy (non-hydrogen) atoms. The molecule has 0 aromatic carbocycles. The van der Waals surface area contributed by atoms with E-state index in [2.05, 4.69) is 14.7 Å². The molecule has 5 heteroatoms. The summed E-state index contributed by atoms with van der Waals surface area (Å²) in [5, 5.41) is 13.4. The number of hydrogen-bond donors (Lipinski definition) is 2. The van der Waals surface area contributed by atoms with Gasteiger partial charge in [0.2, 0.25) is 5.13 Å². The van der Waals surface area contributed by atoms with E-state index in [9.17, 15) is 5.11 Å². The molecular weight excluding hydrogens is 198 g/mol. The fourth-order valence-electron chi connectivity index (χ4n) is 1.70. The van der Waals surface area contributed by atoms with E-state index in [0.29, 0.717) is 0 Å². The van der Waals surface area contributed by atoms with E-state index < -0.39 is 0 Å². The molecular formula is C9H15N3OS. The minimum absolute atomic E-state index is 0.111. The number of anilines is 1. The number of rotatable bonds is 4. The molecule has 0 radical (unpaired) electrons. The second-order valence-electron chi connectivity index (χ2n) is 4.01. The SMILES string of the molecule is Cc1nsc(NCC2(CO)CCC2)n1. The summed E-state index contributed by atoms with van der Waals surface area (Å²) in [6.45, 7) is 2.97. The van der Waals surface area contributed by atoms with Crippen molar-refractivity contribution in [2.24, 2.45) is 5.41 Å². The highest BCUT2D eigenvalue weighted by Crippen LogP contribution is 2.40. The Hall–Kier alpha value is -0.680. The molecule has 1 heterocycles. The van der Waals surface area contributed by atoms with Crippen LogP contribution in [-0.2, 0) is 0 Å². The fourth-order valence-corrected chi connectivity index (χ4v) is 2.27. The van der Waals surface area contributed by atoms with Crippen LogP contribution in [0, 0.1) is 12.3 Å². The largest absolute Gasteiger partial charge is 0.396 e. The highest BCUT2D eigenvalue weighted by Gasteiger charge is 2.36. The van der Waals surface area contributed by atoms with Gasteiger partial charge in [0.25, 0.3) is 0 Å². The Kier molecular flexibility index (Phi) is 2.69. The molecule has 2 N–H and O–H groups in total. The van der Waals surface area contributed by atoms with Gasteiger partial charge in [-0.15, -0.1) is 0 Å². The first-order valence-electron chi connectivity index (χ1n) is 4.89. The fraction of sp³-hybridized carbons (Fsp3) is 0.778. The maximum Gasteiger partial charge on any atom is 0.202 e. The predicted octanol–water partition coefficient (Wildman–Crippen LogP) is 1.42. The van der Waals surface area contributed by atoms with Gasteiger partial charge in [0, 0.05) is 23.5 Å². The Bertz CT molecular complexity index is 303. The quantitative estimate of drug-likeness (QED) is 0.794. The van der Waals surface area contributed by atoms with Crippen molar-refractivity contribution >= 4 is 16.7 Å². The first-order valence-corrected chi connectivity index (χ1v) is 5.66. The van der Waals surface area contributed by atoms with E-state index in [1.54, 1.807) is 0 Å². The lowest BCUT2D eigenvalue weighted by molar-refractivity contribution is 0.0576. The zero-order valence-corrected chi connectivity index (χ0v) is 9.10. The molecule has 0 unspecified atom stereocenters. The normalized spacial score (nSPS) is 19.0. The lowest BCUT2D eigenvalue weighted by Gasteiger charge is -2.40. The second kappa shape index (κ2) is 3.82. The van der Waals surface area contributed by atoms with Crippen LogP contribution in [-0.4, -0.2) is 27.6 Å². The molecule has 1 saturated carbocycles. The van der Waals surface area contributed by atoms with E-state index in [1.807, 2.05) is 6.92 Å². The smallest absolute Gasteiger partial charge is 0.202 e. The van der Waals surface area contributed by atoms with E-state index in [4.69, 9.17) is 0 Å². The van der Waals surface area contributed by atoms with Crippen LogP contribution in [0.1, 0.15) is 25.1 Å². The standard InChI is InChI=1S/C9H15N3OS/c1-7-11-8(14-12-7)10-5-9(6-13)3-2-4-9/h13H,2-6H2,1H3,(H,10,11,12). The summed E-state index contributed by atoms with van der Waals surface area (Å²) in [5.74, 6) is 0.809. The Morgan fingerprint density at radius 1 is 1.57 bits per heavy atom. The monoisotopic (exact) mass is 213 g/mol. The first-order chi connectivity index (χ1) is 6.74. The third-order valence-electron chi connectivity index (χ3n) is 2.89. The molecule has 0 amide bonds. The molecule has 2 rings (SSSR count). The number of aliphatic hydroxyl groups is 1. The van der Waals surface area contributed by atoms with Crippen LogP contribution in [0.2, 0.25) is 0 Å². The van der Waals surface area contributed by atoms with Crippen LogP contribution in [0.25, 0.3) is 0 Å². The number of hydrogen-bond acceptors (Lipinski definition) is 5. The minimum Gasteiger partial charge on any atom is -0.396 e. The van der Waals surface area contributed by atoms with Gasteiger partial charge in [-0.1, -0.05) is 6.42 Å². The highest BCUT2D eigenvalue weighted by molar-refractivity contribution is 7.09. The zero-order chi connectivity index (χ0) is 10.0. The molecule has 1 fully saturated rings. The van der Waals surface area contributed by atoms with Crippen LogP contribution in [0.3, 0.4) is 0 Å².